The highest BCUT2D eigenvalue weighted by Crippen LogP contribution is 2.22. The van der Waals surface area contributed by atoms with E-state index in [1.54, 1.807) is 25.4 Å². The van der Waals surface area contributed by atoms with E-state index in [1.165, 1.54) is 12.1 Å². The van der Waals surface area contributed by atoms with Crippen LogP contribution in [0.1, 0.15) is 5.69 Å². The fourth-order valence-corrected chi connectivity index (χ4v) is 1.50. The molecule has 0 aliphatic heterocycles. The van der Waals surface area contributed by atoms with Crippen molar-refractivity contribution in [1.82, 2.24) is 9.97 Å². The van der Waals surface area contributed by atoms with Gasteiger partial charge in [0, 0.05) is 18.8 Å². The van der Waals surface area contributed by atoms with Crippen molar-refractivity contribution in [3.05, 3.63) is 42.0 Å². The normalized spacial score (nSPS) is 10.2. The monoisotopic (exact) mass is 217 g/mol. The number of aryl methyl sites for hydroxylation is 1. The van der Waals surface area contributed by atoms with Crippen molar-refractivity contribution in [2.45, 2.75) is 6.92 Å². The first-order chi connectivity index (χ1) is 7.70. The first kappa shape index (κ1) is 10.5. The van der Waals surface area contributed by atoms with E-state index in [4.69, 9.17) is 0 Å². The number of anilines is 1. The van der Waals surface area contributed by atoms with E-state index in [1.807, 2.05) is 6.92 Å². The summed E-state index contributed by atoms with van der Waals surface area (Å²) >= 11 is 0. The number of nitrogens with zero attached hydrogens (tertiary/aromatic N) is 2. The predicted molar refractivity (Wildman–Crippen MR) is 61.7 cm³/mol. The van der Waals surface area contributed by atoms with Crippen molar-refractivity contribution < 1.29 is 4.39 Å². The number of benzene rings is 1. The van der Waals surface area contributed by atoms with E-state index in [2.05, 4.69) is 15.3 Å². The highest BCUT2D eigenvalue weighted by atomic mass is 19.1. The minimum absolute atomic E-state index is 0.242. The molecule has 0 radical (unpaired) electrons. The molecule has 0 bridgehead atoms. The zero-order chi connectivity index (χ0) is 11.5. The molecule has 1 aromatic heterocycles. The van der Waals surface area contributed by atoms with Crippen LogP contribution in [0.3, 0.4) is 0 Å². The molecule has 1 aromatic carbocycles. The number of nitrogens with one attached hydrogen (secondary N) is 1. The fourth-order valence-electron chi connectivity index (χ4n) is 1.50. The summed E-state index contributed by atoms with van der Waals surface area (Å²) in [7, 11) is 1.77. The van der Waals surface area contributed by atoms with Crippen LogP contribution in [0.25, 0.3) is 11.1 Å². The van der Waals surface area contributed by atoms with Gasteiger partial charge in [0.2, 0.25) is 5.95 Å². The molecule has 4 heteroatoms. The van der Waals surface area contributed by atoms with E-state index in [0.29, 0.717) is 5.95 Å². The minimum atomic E-state index is -0.242. The summed E-state index contributed by atoms with van der Waals surface area (Å²) in [4.78, 5) is 8.42. The van der Waals surface area contributed by atoms with Crippen LogP contribution in [0.4, 0.5) is 10.3 Å². The molecule has 2 aromatic rings. The molecule has 2 rings (SSSR count). The smallest absolute Gasteiger partial charge is 0.222 e. The maximum absolute atomic E-state index is 12.8. The number of halogens is 1. The summed E-state index contributed by atoms with van der Waals surface area (Å²) in [5.74, 6) is 0.345. The molecule has 0 unspecified atom stereocenters. The molecule has 0 atom stereocenters. The van der Waals surface area contributed by atoms with Gasteiger partial charge in [-0.2, -0.15) is 0 Å². The molecule has 0 saturated heterocycles. The second-order valence-corrected chi connectivity index (χ2v) is 3.45. The van der Waals surface area contributed by atoms with E-state index in [0.717, 1.165) is 16.8 Å². The van der Waals surface area contributed by atoms with Crippen LogP contribution in [0, 0.1) is 12.7 Å². The largest absolute Gasteiger partial charge is 0.357 e. The Morgan fingerprint density at radius 1 is 1.19 bits per heavy atom. The Bertz CT molecular complexity index is 494. The number of hydrogen-bond donors (Lipinski definition) is 1. The van der Waals surface area contributed by atoms with Crippen LogP contribution in [0.15, 0.2) is 30.5 Å². The van der Waals surface area contributed by atoms with Gasteiger partial charge in [-0.1, -0.05) is 12.1 Å². The Morgan fingerprint density at radius 2 is 1.88 bits per heavy atom. The molecule has 0 aliphatic rings. The van der Waals surface area contributed by atoms with Gasteiger partial charge in [-0.3, -0.25) is 0 Å². The molecule has 0 aliphatic carbocycles. The van der Waals surface area contributed by atoms with Crippen molar-refractivity contribution >= 4 is 5.95 Å². The van der Waals surface area contributed by atoms with Gasteiger partial charge in [0.05, 0.1) is 5.69 Å². The summed E-state index contributed by atoms with van der Waals surface area (Å²) in [5, 5.41) is 2.87. The molecular weight excluding hydrogens is 205 g/mol. The number of rotatable bonds is 2. The van der Waals surface area contributed by atoms with E-state index in [9.17, 15) is 4.39 Å². The van der Waals surface area contributed by atoms with E-state index >= 15 is 0 Å². The Balaban J connectivity index is 2.44. The first-order valence-corrected chi connectivity index (χ1v) is 4.98. The molecule has 0 spiro atoms. The lowest BCUT2D eigenvalue weighted by Gasteiger charge is -2.06. The number of aromatic nitrogens is 2. The molecule has 0 fully saturated rings. The van der Waals surface area contributed by atoms with Crippen molar-refractivity contribution in [2.75, 3.05) is 12.4 Å². The summed E-state index contributed by atoms with van der Waals surface area (Å²) in [5.41, 5.74) is 2.70. The average molecular weight is 217 g/mol. The molecule has 3 nitrogen and oxygen atoms in total. The molecular formula is C12H12FN3. The van der Waals surface area contributed by atoms with Crippen molar-refractivity contribution in [3.8, 4) is 11.1 Å². The Morgan fingerprint density at radius 3 is 2.44 bits per heavy atom. The lowest BCUT2D eigenvalue weighted by atomic mass is 10.1. The third-order valence-corrected chi connectivity index (χ3v) is 2.36. The second-order valence-electron chi connectivity index (χ2n) is 3.45. The van der Waals surface area contributed by atoms with Crippen LogP contribution in [0.5, 0.6) is 0 Å². The van der Waals surface area contributed by atoms with Crippen LogP contribution in [-0.2, 0) is 0 Å². The van der Waals surface area contributed by atoms with Gasteiger partial charge in [-0.15, -0.1) is 0 Å². The summed E-state index contributed by atoms with van der Waals surface area (Å²) < 4.78 is 12.8. The zero-order valence-corrected chi connectivity index (χ0v) is 9.16. The Hall–Kier alpha value is -1.97. The summed E-state index contributed by atoms with van der Waals surface area (Å²) in [6.07, 6.45) is 1.74. The molecule has 1 N–H and O–H groups in total. The lowest BCUT2D eigenvalue weighted by molar-refractivity contribution is 0.628. The lowest BCUT2D eigenvalue weighted by Crippen LogP contribution is -1.98. The van der Waals surface area contributed by atoms with E-state index < -0.39 is 0 Å². The average Bonchev–Trinajstić information content (AvgIpc) is 2.30. The molecule has 0 saturated carbocycles. The Labute approximate surface area is 93.4 Å². The van der Waals surface area contributed by atoms with Gasteiger partial charge in [-0.25, -0.2) is 14.4 Å². The topological polar surface area (TPSA) is 37.8 Å². The molecule has 16 heavy (non-hydrogen) atoms. The molecule has 1 heterocycles. The minimum Gasteiger partial charge on any atom is -0.357 e. The van der Waals surface area contributed by atoms with Crippen LogP contribution < -0.4 is 5.32 Å². The van der Waals surface area contributed by atoms with Gasteiger partial charge in [-0.05, 0) is 24.6 Å². The highest BCUT2D eigenvalue weighted by molar-refractivity contribution is 5.65. The van der Waals surface area contributed by atoms with Crippen LogP contribution in [0.2, 0.25) is 0 Å². The third kappa shape index (κ3) is 2.00. The van der Waals surface area contributed by atoms with Gasteiger partial charge in [0.15, 0.2) is 0 Å². The SMILES string of the molecule is CNc1ncc(-c2ccc(F)cc2)c(C)n1. The predicted octanol–water partition coefficient (Wildman–Crippen LogP) is 2.63. The van der Waals surface area contributed by atoms with Gasteiger partial charge >= 0.3 is 0 Å². The second kappa shape index (κ2) is 4.26. The third-order valence-electron chi connectivity index (χ3n) is 2.36. The molecule has 82 valence electrons. The fraction of sp³-hybridized carbons (Fsp3) is 0.167. The van der Waals surface area contributed by atoms with E-state index in [-0.39, 0.29) is 5.82 Å². The van der Waals surface area contributed by atoms with Crippen LogP contribution in [-0.4, -0.2) is 17.0 Å². The van der Waals surface area contributed by atoms with Gasteiger partial charge in [0.1, 0.15) is 5.82 Å². The van der Waals surface area contributed by atoms with Crippen molar-refractivity contribution in [2.24, 2.45) is 0 Å². The maximum Gasteiger partial charge on any atom is 0.222 e. The maximum atomic E-state index is 12.8. The quantitative estimate of drug-likeness (QED) is 0.840. The first-order valence-electron chi connectivity index (χ1n) is 4.98. The van der Waals surface area contributed by atoms with Gasteiger partial charge < -0.3 is 5.32 Å². The standard InChI is InChI=1S/C12H12FN3/c1-8-11(7-15-12(14-2)16-8)9-3-5-10(13)6-4-9/h3-7H,1-2H3,(H,14,15,16). The van der Waals surface area contributed by atoms with Crippen molar-refractivity contribution in [1.29, 1.82) is 0 Å². The zero-order valence-electron chi connectivity index (χ0n) is 9.16. The summed E-state index contributed by atoms with van der Waals surface area (Å²) in [6.45, 7) is 1.90. The highest BCUT2D eigenvalue weighted by Gasteiger charge is 2.04. The molecule has 0 amide bonds. The van der Waals surface area contributed by atoms with Crippen molar-refractivity contribution in [3.63, 3.8) is 0 Å². The number of hydrogen-bond acceptors (Lipinski definition) is 3. The van der Waals surface area contributed by atoms with Crippen LogP contribution >= 0.6 is 0 Å². The Kier molecular flexibility index (Phi) is 2.81. The summed E-state index contributed by atoms with van der Waals surface area (Å²) in [6, 6.07) is 6.31. The van der Waals surface area contributed by atoms with Gasteiger partial charge in [0.25, 0.3) is 0 Å².